The van der Waals surface area contributed by atoms with Crippen LogP contribution in [0.15, 0.2) is 48.5 Å². The molecule has 1 heterocycles. The molecule has 2 amide bonds. The van der Waals surface area contributed by atoms with Gasteiger partial charge in [-0.25, -0.2) is 9.59 Å². The van der Waals surface area contributed by atoms with E-state index in [1.165, 1.54) is 7.11 Å². The van der Waals surface area contributed by atoms with Crippen LogP contribution in [0.3, 0.4) is 0 Å². The first kappa shape index (κ1) is 19.2. The minimum Gasteiger partial charge on any atom is -0.474 e. The number of urea groups is 1. The van der Waals surface area contributed by atoms with Crippen molar-refractivity contribution in [3.63, 3.8) is 0 Å². The molecule has 0 aliphatic carbocycles. The zero-order chi connectivity index (χ0) is 20.1. The van der Waals surface area contributed by atoms with Gasteiger partial charge in [-0.3, -0.25) is 10.4 Å². The van der Waals surface area contributed by atoms with Gasteiger partial charge >= 0.3 is 12.0 Å². The zero-order valence-electron chi connectivity index (χ0n) is 15.9. The van der Waals surface area contributed by atoms with Crippen molar-refractivity contribution >= 4 is 28.7 Å². The number of benzene rings is 2. The largest absolute Gasteiger partial charge is 0.474 e. The summed E-state index contributed by atoms with van der Waals surface area (Å²) >= 11 is 0. The summed E-state index contributed by atoms with van der Waals surface area (Å²) in [5, 5.41) is 13.1. The Morgan fingerprint density at radius 1 is 1.11 bits per heavy atom. The van der Waals surface area contributed by atoms with E-state index in [9.17, 15) is 9.59 Å². The van der Waals surface area contributed by atoms with Crippen LogP contribution in [0.2, 0.25) is 0 Å². The summed E-state index contributed by atoms with van der Waals surface area (Å²) < 4.78 is 10.7. The number of carbonyl (C=O) groups is 2. The summed E-state index contributed by atoms with van der Waals surface area (Å²) in [5.74, 6) is 0.379. The molecule has 8 nitrogen and oxygen atoms in total. The van der Waals surface area contributed by atoms with E-state index in [1.807, 2.05) is 32.0 Å². The Bertz CT molecular complexity index is 969. The smallest absolute Gasteiger partial charge is 0.351 e. The molecule has 0 saturated carbocycles. The predicted molar refractivity (Wildman–Crippen MR) is 105 cm³/mol. The summed E-state index contributed by atoms with van der Waals surface area (Å²) in [7, 11) is 1.32. The van der Waals surface area contributed by atoms with Crippen LogP contribution in [0.25, 0.3) is 10.9 Å². The van der Waals surface area contributed by atoms with Crippen LogP contribution in [0.5, 0.6) is 5.75 Å². The molecule has 0 fully saturated rings. The maximum atomic E-state index is 12.2. The lowest BCUT2D eigenvalue weighted by Crippen LogP contribution is -2.34. The fourth-order valence-electron chi connectivity index (χ4n) is 2.70. The van der Waals surface area contributed by atoms with E-state index in [0.29, 0.717) is 22.6 Å². The summed E-state index contributed by atoms with van der Waals surface area (Å²) in [6, 6.07) is 14.0. The van der Waals surface area contributed by atoms with Crippen molar-refractivity contribution in [1.29, 1.82) is 0 Å². The van der Waals surface area contributed by atoms with E-state index < -0.39 is 12.1 Å². The van der Waals surface area contributed by atoms with Crippen LogP contribution < -0.4 is 15.4 Å². The van der Waals surface area contributed by atoms with Gasteiger partial charge in [0, 0.05) is 23.1 Å². The average Bonchev–Trinajstić information content (AvgIpc) is 3.07. The van der Waals surface area contributed by atoms with E-state index in [-0.39, 0.29) is 12.1 Å². The second-order valence-corrected chi connectivity index (χ2v) is 6.46. The molecular weight excluding hydrogens is 360 g/mol. The number of ether oxygens (including phenoxy) is 2. The molecule has 3 N–H and O–H groups in total. The third kappa shape index (κ3) is 4.40. The van der Waals surface area contributed by atoms with Crippen LogP contribution >= 0.6 is 0 Å². The average molecular weight is 382 g/mol. The first-order chi connectivity index (χ1) is 13.5. The topological polar surface area (TPSA) is 105 Å². The molecule has 28 heavy (non-hydrogen) atoms. The van der Waals surface area contributed by atoms with E-state index in [2.05, 4.69) is 20.8 Å². The highest BCUT2D eigenvalue weighted by Crippen LogP contribution is 2.28. The Morgan fingerprint density at radius 3 is 2.54 bits per heavy atom. The van der Waals surface area contributed by atoms with Gasteiger partial charge in [0.05, 0.1) is 12.6 Å². The molecule has 0 aliphatic heterocycles. The molecule has 3 aromatic rings. The maximum Gasteiger partial charge on any atom is 0.351 e. The molecule has 0 aliphatic rings. The summed E-state index contributed by atoms with van der Waals surface area (Å²) in [6.07, 6.45) is -0.888. The van der Waals surface area contributed by atoms with E-state index in [0.717, 1.165) is 5.39 Å². The van der Waals surface area contributed by atoms with Gasteiger partial charge in [0.1, 0.15) is 5.75 Å². The van der Waals surface area contributed by atoms with Gasteiger partial charge in [-0.1, -0.05) is 30.3 Å². The lowest BCUT2D eigenvalue weighted by atomic mass is 10.1. The molecule has 0 spiro atoms. The van der Waals surface area contributed by atoms with Crippen LogP contribution in [0, 0.1) is 0 Å². The van der Waals surface area contributed by atoms with Crippen LogP contribution in [-0.4, -0.2) is 35.3 Å². The van der Waals surface area contributed by atoms with Gasteiger partial charge in [-0.15, -0.1) is 0 Å². The molecule has 146 valence electrons. The SMILES string of the molecule is COC(=O)C(Oc1ccc2c(NC(=O)NC(C)C)n[nH]c2c1)c1ccccc1. The normalized spacial score (nSPS) is 11.9. The Hall–Kier alpha value is -3.55. The number of aromatic amines is 1. The number of fused-ring (bicyclic) bond motifs is 1. The quantitative estimate of drug-likeness (QED) is 0.567. The highest BCUT2D eigenvalue weighted by Gasteiger charge is 2.23. The zero-order valence-corrected chi connectivity index (χ0v) is 15.9. The van der Waals surface area contributed by atoms with E-state index in [1.54, 1.807) is 30.3 Å². The van der Waals surface area contributed by atoms with E-state index in [4.69, 9.17) is 9.47 Å². The number of nitrogens with one attached hydrogen (secondary N) is 3. The number of nitrogens with zero attached hydrogens (tertiary/aromatic N) is 1. The maximum absolute atomic E-state index is 12.2. The molecule has 3 rings (SSSR count). The van der Waals surface area contributed by atoms with Crippen molar-refractivity contribution in [1.82, 2.24) is 15.5 Å². The minimum absolute atomic E-state index is 0.0125. The fourth-order valence-corrected chi connectivity index (χ4v) is 2.70. The van der Waals surface area contributed by atoms with Crippen molar-refractivity contribution in [2.24, 2.45) is 0 Å². The van der Waals surface area contributed by atoms with E-state index >= 15 is 0 Å². The highest BCUT2D eigenvalue weighted by molar-refractivity contribution is 5.99. The number of methoxy groups -OCH3 is 1. The van der Waals surface area contributed by atoms with Crippen LogP contribution in [0.4, 0.5) is 10.6 Å². The third-order valence-corrected chi connectivity index (χ3v) is 3.96. The van der Waals surface area contributed by atoms with Crippen LogP contribution in [0.1, 0.15) is 25.5 Å². The first-order valence-electron chi connectivity index (χ1n) is 8.83. The number of carbonyl (C=O) groups excluding carboxylic acids is 2. The number of anilines is 1. The van der Waals surface area contributed by atoms with Gasteiger partial charge in [0.25, 0.3) is 0 Å². The number of esters is 1. The van der Waals surface area contributed by atoms with Crippen molar-refractivity contribution in [2.75, 3.05) is 12.4 Å². The molecule has 1 aromatic heterocycles. The second-order valence-electron chi connectivity index (χ2n) is 6.46. The Labute approximate surface area is 162 Å². The summed E-state index contributed by atoms with van der Waals surface area (Å²) in [6.45, 7) is 3.74. The molecule has 1 atom stereocenters. The molecule has 8 heteroatoms. The van der Waals surface area contributed by atoms with Crippen LogP contribution in [-0.2, 0) is 9.53 Å². The molecule has 2 aromatic carbocycles. The molecule has 0 saturated heterocycles. The Morgan fingerprint density at radius 2 is 1.86 bits per heavy atom. The monoisotopic (exact) mass is 382 g/mol. The predicted octanol–water partition coefficient (Wildman–Crippen LogP) is 3.39. The fraction of sp³-hybridized carbons (Fsp3) is 0.250. The standard InChI is InChI=1S/C20H22N4O4/c1-12(2)21-20(26)22-18-15-10-9-14(11-16(15)23-24-18)28-17(19(25)27-3)13-7-5-4-6-8-13/h4-12,17H,1-3H3,(H3,21,22,23,24,26). The lowest BCUT2D eigenvalue weighted by molar-refractivity contribution is -0.149. The summed E-state index contributed by atoms with van der Waals surface area (Å²) in [4.78, 5) is 24.1. The van der Waals surface area contributed by atoms with Crippen molar-refractivity contribution < 1.29 is 19.1 Å². The third-order valence-electron chi connectivity index (χ3n) is 3.96. The Kier molecular flexibility index (Phi) is 5.78. The first-order valence-corrected chi connectivity index (χ1v) is 8.83. The molecule has 0 radical (unpaired) electrons. The minimum atomic E-state index is -0.888. The van der Waals surface area contributed by atoms with Gasteiger partial charge in [0.2, 0.25) is 6.10 Å². The second kappa shape index (κ2) is 8.43. The number of hydrogen-bond donors (Lipinski definition) is 3. The summed E-state index contributed by atoms with van der Waals surface area (Å²) in [5.41, 5.74) is 1.35. The Balaban J connectivity index is 1.82. The lowest BCUT2D eigenvalue weighted by Gasteiger charge is -2.17. The molecular formula is C20H22N4O4. The van der Waals surface area contributed by atoms with Crippen molar-refractivity contribution in [2.45, 2.75) is 26.0 Å². The number of amides is 2. The number of rotatable bonds is 6. The van der Waals surface area contributed by atoms with Crippen molar-refractivity contribution in [3.8, 4) is 5.75 Å². The van der Waals surface area contributed by atoms with Gasteiger partial charge < -0.3 is 14.8 Å². The van der Waals surface area contributed by atoms with Gasteiger partial charge in [-0.2, -0.15) is 5.10 Å². The number of hydrogen-bond acceptors (Lipinski definition) is 5. The molecule has 0 bridgehead atoms. The number of aromatic nitrogens is 2. The van der Waals surface area contributed by atoms with Crippen molar-refractivity contribution in [3.05, 3.63) is 54.1 Å². The molecule has 1 unspecified atom stereocenters. The van der Waals surface area contributed by atoms with Gasteiger partial charge in [-0.05, 0) is 26.0 Å². The highest BCUT2D eigenvalue weighted by atomic mass is 16.6. The van der Waals surface area contributed by atoms with Gasteiger partial charge in [0.15, 0.2) is 5.82 Å². The number of H-pyrrole nitrogens is 1.